The lowest BCUT2D eigenvalue weighted by Gasteiger charge is -2.21. The molecule has 0 heterocycles. The van der Waals surface area contributed by atoms with Crippen molar-refractivity contribution in [2.24, 2.45) is 11.8 Å². The molecule has 2 amide bonds. The topological polar surface area (TPSA) is 98.7 Å². The van der Waals surface area contributed by atoms with E-state index >= 15 is 0 Å². The second-order valence-electron chi connectivity index (χ2n) is 5.37. The van der Waals surface area contributed by atoms with Crippen molar-refractivity contribution in [3.8, 4) is 0 Å². The standard InChI is InChI=1S/C12H20N2O4/c1-6(15)9(11(16)17)13-12(18)14-10(7-2-3-7)8-4-5-8/h6-10,15H,2-5H2,1H3,(H,16,17)(H2,13,14,18). The third-order valence-electron chi connectivity index (χ3n) is 3.59. The predicted molar refractivity (Wildman–Crippen MR) is 64.0 cm³/mol. The van der Waals surface area contributed by atoms with Gasteiger partial charge in [0.1, 0.15) is 0 Å². The lowest BCUT2D eigenvalue weighted by Crippen LogP contribution is -2.53. The second kappa shape index (κ2) is 5.14. The molecule has 0 aromatic heterocycles. The molecular weight excluding hydrogens is 236 g/mol. The van der Waals surface area contributed by atoms with Crippen molar-refractivity contribution < 1.29 is 19.8 Å². The normalized spacial score (nSPS) is 22.4. The van der Waals surface area contributed by atoms with Gasteiger partial charge in [-0.3, -0.25) is 0 Å². The predicted octanol–water partition coefficient (Wildman–Crippen LogP) is 0.308. The molecule has 2 fully saturated rings. The highest BCUT2D eigenvalue weighted by atomic mass is 16.4. The summed E-state index contributed by atoms with van der Waals surface area (Å²) in [4.78, 5) is 22.6. The first kappa shape index (κ1) is 13.1. The van der Waals surface area contributed by atoms with Gasteiger partial charge in [0, 0.05) is 6.04 Å². The first-order chi connectivity index (χ1) is 8.49. The summed E-state index contributed by atoms with van der Waals surface area (Å²) in [5, 5.41) is 23.3. The van der Waals surface area contributed by atoms with Gasteiger partial charge in [-0.05, 0) is 44.4 Å². The average molecular weight is 256 g/mol. The van der Waals surface area contributed by atoms with Gasteiger partial charge < -0.3 is 20.8 Å². The fourth-order valence-electron chi connectivity index (χ4n) is 2.25. The van der Waals surface area contributed by atoms with Gasteiger partial charge in [-0.1, -0.05) is 0 Å². The minimum Gasteiger partial charge on any atom is -0.480 e. The second-order valence-corrected chi connectivity index (χ2v) is 5.37. The minimum atomic E-state index is -1.26. The molecule has 102 valence electrons. The van der Waals surface area contributed by atoms with Gasteiger partial charge in [-0.15, -0.1) is 0 Å². The molecule has 0 aromatic rings. The van der Waals surface area contributed by atoms with Crippen molar-refractivity contribution in [3.05, 3.63) is 0 Å². The Balaban J connectivity index is 1.84. The molecule has 4 N–H and O–H groups in total. The summed E-state index contributed by atoms with van der Waals surface area (Å²) in [7, 11) is 0. The van der Waals surface area contributed by atoms with Crippen LogP contribution in [0.5, 0.6) is 0 Å². The average Bonchev–Trinajstić information content (AvgIpc) is 3.15. The number of aliphatic hydroxyl groups is 1. The van der Waals surface area contributed by atoms with E-state index in [0.717, 1.165) is 25.7 Å². The summed E-state index contributed by atoms with van der Waals surface area (Å²) in [6.45, 7) is 1.35. The van der Waals surface area contributed by atoms with Crippen LogP contribution in [0, 0.1) is 11.8 Å². The number of aliphatic carboxylic acids is 1. The highest BCUT2D eigenvalue weighted by molar-refractivity contribution is 5.83. The van der Waals surface area contributed by atoms with Gasteiger partial charge >= 0.3 is 12.0 Å². The smallest absolute Gasteiger partial charge is 0.328 e. The monoisotopic (exact) mass is 256 g/mol. The number of carbonyl (C=O) groups excluding carboxylic acids is 1. The van der Waals surface area contributed by atoms with Gasteiger partial charge in [0.25, 0.3) is 0 Å². The number of aliphatic hydroxyl groups excluding tert-OH is 1. The van der Waals surface area contributed by atoms with Crippen LogP contribution in [0.4, 0.5) is 4.79 Å². The van der Waals surface area contributed by atoms with Crippen LogP contribution in [0.1, 0.15) is 32.6 Å². The summed E-state index contributed by atoms with van der Waals surface area (Å²) in [5.41, 5.74) is 0. The summed E-state index contributed by atoms with van der Waals surface area (Å²) in [6.07, 6.45) is 3.44. The number of nitrogens with one attached hydrogen (secondary N) is 2. The van der Waals surface area contributed by atoms with Crippen molar-refractivity contribution in [1.29, 1.82) is 0 Å². The van der Waals surface area contributed by atoms with Crippen LogP contribution in [-0.4, -0.2) is 40.4 Å². The van der Waals surface area contributed by atoms with Crippen LogP contribution in [-0.2, 0) is 4.79 Å². The van der Waals surface area contributed by atoms with Crippen molar-refractivity contribution in [2.75, 3.05) is 0 Å². The van der Waals surface area contributed by atoms with Crippen molar-refractivity contribution in [3.63, 3.8) is 0 Å². The van der Waals surface area contributed by atoms with Gasteiger partial charge in [-0.25, -0.2) is 9.59 Å². The van der Waals surface area contributed by atoms with Gasteiger partial charge in [0.2, 0.25) is 0 Å². The quantitative estimate of drug-likeness (QED) is 0.549. The van der Waals surface area contributed by atoms with Crippen LogP contribution < -0.4 is 10.6 Å². The Bertz CT molecular complexity index is 325. The lowest BCUT2D eigenvalue weighted by atomic mass is 10.1. The number of carboxylic acid groups (broad SMARTS) is 1. The molecule has 2 rings (SSSR count). The molecule has 2 saturated carbocycles. The maximum absolute atomic E-state index is 11.7. The zero-order valence-corrected chi connectivity index (χ0v) is 10.4. The number of urea groups is 1. The van der Waals surface area contributed by atoms with Crippen LogP contribution in [0.3, 0.4) is 0 Å². The Hall–Kier alpha value is -1.30. The van der Waals surface area contributed by atoms with Crippen LogP contribution in [0.25, 0.3) is 0 Å². The molecular formula is C12H20N2O4. The van der Waals surface area contributed by atoms with Crippen molar-refractivity contribution in [1.82, 2.24) is 10.6 Å². The zero-order valence-electron chi connectivity index (χ0n) is 10.4. The fourth-order valence-corrected chi connectivity index (χ4v) is 2.25. The Morgan fingerprint density at radius 3 is 1.94 bits per heavy atom. The third kappa shape index (κ3) is 3.35. The minimum absolute atomic E-state index is 0.174. The Kier molecular flexibility index (Phi) is 3.75. The van der Waals surface area contributed by atoms with Gasteiger partial charge in [-0.2, -0.15) is 0 Å². The molecule has 2 aliphatic carbocycles. The molecule has 2 aliphatic rings. The number of rotatable bonds is 6. The molecule has 2 unspecified atom stereocenters. The molecule has 0 radical (unpaired) electrons. The molecule has 2 atom stereocenters. The highest BCUT2D eigenvalue weighted by Gasteiger charge is 2.42. The maximum atomic E-state index is 11.7. The summed E-state index contributed by atoms with van der Waals surface area (Å²) < 4.78 is 0. The van der Waals surface area contributed by atoms with E-state index in [-0.39, 0.29) is 6.04 Å². The third-order valence-corrected chi connectivity index (χ3v) is 3.59. The number of carboxylic acids is 1. The molecule has 0 bridgehead atoms. The largest absolute Gasteiger partial charge is 0.480 e. The van der Waals surface area contributed by atoms with Crippen LogP contribution in [0.2, 0.25) is 0 Å². The first-order valence-electron chi connectivity index (χ1n) is 6.47. The summed E-state index contributed by atoms with van der Waals surface area (Å²) in [5.74, 6) is -0.120. The van der Waals surface area contributed by atoms with Gasteiger partial charge in [0.15, 0.2) is 6.04 Å². The molecule has 18 heavy (non-hydrogen) atoms. The summed E-state index contributed by atoms with van der Waals surface area (Å²) >= 11 is 0. The van der Waals surface area contributed by atoms with E-state index in [1.165, 1.54) is 6.92 Å². The number of amides is 2. The molecule has 0 spiro atoms. The van der Waals surface area contributed by atoms with E-state index in [9.17, 15) is 14.7 Å². The number of carbonyl (C=O) groups is 2. The van der Waals surface area contributed by atoms with Crippen LogP contribution in [0.15, 0.2) is 0 Å². The van der Waals surface area contributed by atoms with E-state index < -0.39 is 24.1 Å². The fraction of sp³-hybridized carbons (Fsp3) is 0.833. The zero-order chi connectivity index (χ0) is 13.3. The van der Waals surface area contributed by atoms with E-state index in [4.69, 9.17) is 5.11 Å². The maximum Gasteiger partial charge on any atom is 0.328 e. The van der Waals surface area contributed by atoms with E-state index in [0.29, 0.717) is 11.8 Å². The highest BCUT2D eigenvalue weighted by Crippen LogP contribution is 2.44. The SMILES string of the molecule is CC(O)C(NC(=O)NC(C1CC1)C1CC1)C(=O)O. The number of hydrogen-bond acceptors (Lipinski definition) is 3. The van der Waals surface area contributed by atoms with E-state index in [1.54, 1.807) is 0 Å². The Labute approximate surface area is 106 Å². The molecule has 0 aromatic carbocycles. The molecule has 0 saturated heterocycles. The molecule has 6 nitrogen and oxygen atoms in total. The first-order valence-corrected chi connectivity index (χ1v) is 6.47. The Morgan fingerprint density at radius 1 is 1.11 bits per heavy atom. The molecule has 0 aliphatic heterocycles. The van der Waals surface area contributed by atoms with Crippen molar-refractivity contribution in [2.45, 2.75) is 50.8 Å². The Morgan fingerprint density at radius 2 is 1.61 bits per heavy atom. The van der Waals surface area contributed by atoms with Gasteiger partial charge in [0.05, 0.1) is 6.10 Å². The van der Waals surface area contributed by atoms with Crippen molar-refractivity contribution >= 4 is 12.0 Å². The van der Waals surface area contributed by atoms with Crippen LogP contribution >= 0.6 is 0 Å². The lowest BCUT2D eigenvalue weighted by molar-refractivity contribution is -0.141. The summed E-state index contributed by atoms with van der Waals surface area (Å²) in [6, 6.07) is -1.58. The van der Waals surface area contributed by atoms with E-state index in [1.807, 2.05) is 0 Å². The number of hydrogen-bond donors (Lipinski definition) is 4. The molecule has 6 heteroatoms. The van der Waals surface area contributed by atoms with E-state index in [2.05, 4.69) is 10.6 Å².